The summed E-state index contributed by atoms with van der Waals surface area (Å²) in [6, 6.07) is 3.73. The molecule has 2 aromatic carbocycles. The maximum absolute atomic E-state index is 11.2. The van der Waals surface area contributed by atoms with Gasteiger partial charge in [0.1, 0.15) is 0 Å². The standard InChI is InChI=1S/C14H8O8.4K/c15-11(16)6-3-1-2-5-7(12(17)18)4-8(13(19)20)10(9(5)6)14(21)22;;;;/h1-4H,(H,15,16)(H,17,18)(H,19,20)(H,21,22);;;;/q;4*+1/p-4. The third-order valence-corrected chi connectivity index (χ3v) is 3.03. The molecule has 0 atom stereocenters. The number of fused-ring (bicyclic) bond motifs is 1. The van der Waals surface area contributed by atoms with Crippen molar-refractivity contribution in [3.63, 3.8) is 0 Å². The Morgan fingerprint density at radius 1 is 0.615 bits per heavy atom. The fourth-order valence-corrected chi connectivity index (χ4v) is 2.19. The van der Waals surface area contributed by atoms with Gasteiger partial charge in [0.25, 0.3) is 0 Å². The molecule has 2 aromatic rings. The molecule has 0 unspecified atom stereocenters. The van der Waals surface area contributed by atoms with E-state index < -0.39 is 51.5 Å². The van der Waals surface area contributed by atoms with Gasteiger partial charge < -0.3 is 39.6 Å². The average molecular weight is 457 g/mol. The van der Waals surface area contributed by atoms with E-state index in [0.717, 1.165) is 18.2 Å². The quantitative estimate of drug-likeness (QED) is 0.410. The topological polar surface area (TPSA) is 161 Å². The molecule has 2 rings (SSSR count). The van der Waals surface area contributed by atoms with E-state index in [1.807, 2.05) is 0 Å². The largest absolute Gasteiger partial charge is 1.00 e. The fourth-order valence-electron chi connectivity index (χ4n) is 2.19. The van der Waals surface area contributed by atoms with Crippen LogP contribution in [0.5, 0.6) is 0 Å². The van der Waals surface area contributed by atoms with Crippen LogP contribution in [0.3, 0.4) is 0 Å². The molecule has 12 heteroatoms. The summed E-state index contributed by atoms with van der Waals surface area (Å²) in [4.78, 5) is 44.5. The molecule has 0 aliphatic heterocycles. The second kappa shape index (κ2) is 15.0. The van der Waals surface area contributed by atoms with Crippen molar-refractivity contribution in [2.45, 2.75) is 0 Å². The van der Waals surface area contributed by atoms with E-state index in [9.17, 15) is 39.6 Å². The van der Waals surface area contributed by atoms with Crippen LogP contribution in [0, 0.1) is 0 Å². The number of rotatable bonds is 4. The molecule has 0 saturated heterocycles. The van der Waals surface area contributed by atoms with Crippen molar-refractivity contribution in [2.75, 3.05) is 0 Å². The zero-order valence-electron chi connectivity index (χ0n) is 14.6. The molecule has 8 nitrogen and oxygen atoms in total. The Balaban J connectivity index is -0.00000132. The summed E-state index contributed by atoms with van der Waals surface area (Å²) in [6.45, 7) is 0. The molecule has 112 valence electrons. The molecule has 0 saturated carbocycles. The Labute approximate surface area is 317 Å². The number of benzene rings is 2. The van der Waals surface area contributed by atoms with Gasteiger partial charge in [-0.25, -0.2) is 0 Å². The number of carboxylic acid groups (broad SMARTS) is 4. The van der Waals surface area contributed by atoms with Gasteiger partial charge in [-0.3, -0.25) is 0 Å². The number of aromatic carboxylic acids is 4. The number of carbonyl (C=O) groups is 4. The second-order valence-corrected chi connectivity index (χ2v) is 4.22. The van der Waals surface area contributed by atoms with Crippen LogP contribution in [0.2, 0.25) is 0 Å². The zero-order valence-corrected chi connectivity index (χ0v) is 27.1. The van der Waals surface area contributed by atoms with Gasteiger partial charge in [0.15, 0.2) is 0 Å². The molecular weight excluding hydrogens is 453 g/mol. The van der Waals surface area contributed by atoms with Gasteiger partial charge in [0.05, 0.1) is 23.9 Å². The average Bonchev–Trinajstić information content (AvgIpc) is 2.43. The van der Waals surface area contributed by atoms with Gasteiger partial charge in [0.2, 0.25) is 0 Å². The summed E-state index contributed by atoms with van der Waals surface area (Å²) in [7, 11) is 0. The van der Waals surface area contributed by atoms with E-state index in [4.69, 9.17) is 0 Å². The predicted octanol–water partition coefficient (Wildman–Crippen LogP) is -15.7. The van der Waals surface area contributed by atoms with E-state index in [0.29, 0.717) is 6.07 Å². The number of carbonyl (C=O) groups excluding carboxylic acids is 4. The molecule has 0 spiro atoms. The first-order valence-corrected chi connectivity index (χ1v) is 5.70. The first kappa shape index (κ1) is 33.8. The maximum Gasteiger partial charge on any atom is 1.00 e. The van der Waals surface area contributed by atoms with Crippen LogP contribution in [-0.2, 0) is 0 Å². The van der Waals surface area contributed by atoms with Crippen molar-refractivity contribution in [1.29, 1.82) is 0 Å². The Morgan fingerprint density at radius 2 is 1.08 bits per heavy atom. The van der Waals surface area contributed by atoms with Crippen molar-refractivity contribution in [3.8, 4) is 0 Å². The normalized spacial score (nSPS) is 8.77. The fraction of sp³-hybridized carbons (Fsp3) is 0. The van der Waals surface area contributed by atoms with Gasteiger partial charge in [-0.1, -0.05) is 18.2 Å². The first-order chi connectivity index (χ1) is 10.3. The molecule has 0 radical (unpaired) electrons. The smallest absolute Gasteiger partial charge is 0.545 e. The summed E-state index contributed by atoms with van der Waals surface area (Å²) < 4.78 is 0. The SMILES string of the molecule is O=C([O-])c1cc(C(=O)[O-])c2cccc(C(=O)[O-])c2c1C(=O)[O-].[K+].[K+].[K+].[K+]. The third kappa shape index (κ3) is 7.67. The van der Waals surface area contributed by atoms with E-state index in [1.54, 1.807) is 0 Å². The van der Waals surface area contributed by atoms with Crippen molar-refractivity contribution in [1.82, 2.24) is 0 Å². The van der Waals surface area contributed by atoms with Crippen LogP contribution in [0.1, 0.15) is 41.4 Å². The molecule has 26 heavy (non-hydrogen) atoms. The summed E-state index contributed by atoms with van der Waals surface area (Å²) in [5, 5.41) is 43.5. The minimum atomic E-state index is -2.00. The van der Waals surface area contributed by atoms with Gasteiger partial charge in [0, 0.05) is 27.6 Å². The number of hydrogen-bond acceptors (Lipinski definition) is 8. The third-order valence-electron chi connectivity index (χ3n) is 3.03. The molecule has 0 bridgehead atoms. The monoisotopic (exact) mass is 456 g/mol. The number of carboxylic acids is 4. The van der Waals surface area contributed by atoms with Crippen LogP contribution in [0.25, 0.3) is 10.8 Å². The molecule has 0 amide bonds. The minimum Gasteiger partial charge on any atom is -0.545 e. The predicted molar refractivity (Wildman–Crippen MR) is 61.3 cm³/mol. The second-order valence-electron chi connectivity index (χ2n) is 4.22. The Morgan fingerprint density at radius 3 is 1.46 bits per heavy atom. The van der Waals surface area contributed by atoms with Gasteiger partial charge in [-0.05, 0) is 11.5 Å². The summed E-state index contributed by atoms with van der Waals surface area (Å²) in [5.41, 5.74) is -3.41. The molecular formula is C14H4K4O8. The summed E-state index contributed by atoms with van der Waals surface area (Å²) in [6.07, 6.45) is 0. The summed E-state index contributed by atoms with van der Waals surface area (Å²) in [5.74, 6) is -7.62. The molecule has 0 aliphatic rings. The van der Waals surface area contributed by atoms with Crippen LogP contribution >= 0.6 is 0 Å². The molecule has 0 aromatic heterocycles. The van der Waals surface area contributed by atoms with Crippen molar-refractivity contribution in [3.05, 3.63) is 46.5 Å². The van der Waals surface area contributed by atoms with Crippen molar-refractivity contribution in [2.24, 2.45) is 0 Å². The van der Waals surface area contributed by atoms with Crippen LogP contribution in [0.15, 0.2) is 24.3 Å². The molecule has 0 fully saturated rings. The molecule has 0 aliphatic carbocycles. The van der Waals surface area contributed by atoms with Gasteiger partial charge in [-0.15, -0.1) is 0 Å². The zero-order chi connectivity index (χ0) is 16.6. The van der Waals surface area contributed by atoms with Crippen LogP contribution in [-0.4, -0.2) is 23.9 Å². The van der Waals surface area contributed by atoms with E-state index in [1.165, 1.54) is 0 Å². The van der Waals surface area contributed by atoms with E-state index in [2.05, 4.69) is 0 Å². The van der Waals surface area contributed by atoms with E-state index in [-0.39, 0.29) is 211 Å². The molecule has 0 heterocycles. The maximum atomic E-state index is 11.2. The van der Waals surface area contributed by atoms with Gasteiger partial charge in [-0.2, -0.15) is 0 Å². The summed E-state index contributed by atoms with van der Waals surface area (Å²) >= 11 is 0. The van der Waals surface area contributed by atoms with E-state index >= 15 is 0 Å². The van der Waals surface area contributed by atoms with Crippen LogP contribution < -0.4 is 226 Å². The Bertz CT molecular complexity index is 854. The Hall–Kier alpha value is 3.13. The molecule has 0 N–H and O–H groups in total. The van der Waals surface area contributed by atoms with Crippen LogP contribution in [0.4, 0.5) is 0 Å². The van der Waals surface area contributed by atoms with Gasteiger partial charge >= 0.3 is 206 Å². The number of hydrogen-bond donors (Lipinski definition) is 0. The van der Waals surface area contributed by atoms with Crippen molar-refractivity contribution < 1.29 is 245 Å². The first-order valence-electron chi connectivity index (χ1n) is 5.70. The Kier molecular flexibility index (Phi) is 19.5. The van der Waals surface area contributed by atoms with Crippen molar-refractivity contribution >= 4 is 34.6 Å². The minimum absolute atomic E-state index is 0.